The van der Waals surface area contributed by atoms with Crippen LogP contribution < -0.4 is 0 Å². The minimum Gasteiger partial charge on any atom is -0.0654 e. The number of hydrogen-bond donors (Lipinski definition) is 0. The van der Waals surface area contributed by atoms with E-state index in [-0.39, 0.29) is 5.31 Å². The van der Waals surface area contributed by atoms with E-state index >= 15 is 0 Å². The molecule has 0 saturated carbocycles. The zero-order valence-electron chi connectivity index (χ0n) is 13.0. The fraction of sp³-hybridized carbons (Fsp3) is 0.667. The second-order valence-corrected chi connectivity index (χ2v) is 5.77. The van der Waals surface area contributed by atoms with Crippen LogP contribution in [-0.2, 0) is 11.7 Å². The Balaban J connectivity index is 2.59. The summed E-state index contributed by atoms with van der Waals surface area (Å²) in [6.45, 7) is 6.65. The quantitative estimate of drug-likeness (QED) is 0.411. The highest BCUT2D eigenvalue weighted by Crippen LogP contribution is 2.29. The molecule has 0 saturated heterocycles. The summed E-state index contributed by atoms with van der Waals surface area (Å²) in [6, 6.07) is 9.03. The van der Waals surface area contributed by atoms with Crippen LogP contribution in [0.3, 0.4) is 0 Å². The minimum atomic E-state index is -0.129. The molecule has 1 rings (SSSR count). The van der Waals surface area contributed by atoms with Crippen molar-refractivity contribution in [2.24, 2.45) is 0 Å². The molecule has 2 radical (unpaired) electrons. The number of rotatable bonds is 9. The Morgan fingerprint density at radius 1 is 0.895 bits per heavy atom. The van der Waals surface area contributed by atoms with E-state index in [1.54, 1.807) is 0 Å². The summed E-state index contributed by atoms with van der Waals surface area (Å²) >= 11 is 0. The molecule has 0 N–H and O–H groups in total. The van der Waals surface area contributed by atoms with Gasteiger partial charge in [-0.3, -0.25) is 0 Å². The molecule has 1 heteroatoms. The average molecular weight is 256 g/mol. The Labute approximate surface area is 121 Å². The van der Waals surface area contributed by atoms with Gasteiger partial charge in [0.15, 0.2) is 0 Å². The van der Waals surface area contributed by atoms with Gasteiger partial charge in [0.1, 0.15) is 0 Å². The molecule has 0 aromatic heterocycles. The van der Waals surface area contributed by atoms with Crippen LogP contribution in [0.15, 0.2) is 24.3 Å². The van der Waals surface area contributed by atoms with Gasteiger partial charge >= 0.3 is 0 Å². The van der Waals surface area contributed by atoms with E-state index in [1.807, 2.05) is 0 Å². The van der Waals surface area contributed by atoms with Gasteiger partial charge in [0.25, 0.3) is 0 Å². The van der Waals surface area contributed by atoms with E-state index < -0.39 is 0 Å². The molecule has 0 aliphatic rings. The first-order chi connectivity index (χ1) is 9.16. The van der Waals surface area contributed by atoms with E-state index in [0.29, 0.717) is 0 Å². The Bertz CT molecular complexity index is 341. The molecule has 0 spiro atoms. The SMILES string of the molecule is [B]C(CC)(CCC)c1ccc(CCCCCC)cc1. The largest absolute Gasteiger partial charge is 0.0810 e. The molecule has 1 aromatic carbocycles. The monoisotopic (exact) mass is 256 g/mol. The van der Waals surface area contributed by atoms with Crippen molar-refractivity contribution in [3.05, 3.63) is 35.4 Å². The van der Waals surface area contributed by atoms with E-state index in [1.165, 1.54) is 43.2 Å². The fourth-order valence-corrected chi connectivity index (χ4v) is 2.73. The van der Waals surface area contributed by atoms with Crippen molar-refractivity contribution < 1.29 is 0 Å². The second-order valence-electron chi connectivity index (χ2n) is 5.77. The lowest BCUT2D eigenvalue weighted by Gasteiger charge is -2.29. The Morgan fingerprint density at radius 2 is 1.58 bits per heavy atom. The normalized spacial score (nSPS) is 14.3. The molecule has 0 fully saturated rings. The molecule has 0 bridgehead atoms. The lowest BCUT2D eigenvalue weighted by atomic mass is 9.60. The molecule has 0 aliphatic carbocycles. The maximum atomic E-state index is 6.52. The molecular formula is C18H29B. The van der Waals surface area contributed by atoms with E-state index in [2.05, 4.69) is 45.0 Å². The Morgan fingerprint density at radius 3 is 2.11 bits per heavy atom. The van der Waals surface area contributed by atoms with Crippen LogP contribution in [0.4, 0.5) is 0 Å². The number of hydrogen-bond acceptors (Lipinski definition) is 0. The van der Waals surface area contributed by atoms with Crippen LogP contribution in [0.25, 0.3) is 0 Å². The van der Waals surface area contributed by atoms with Crippen molar-refractivity contribution >= 4 is 7.85 Å². The highest BCUT2D eigenvalue weighted by Gasteiger charge is 2.22. The molecule has 19 heavy (non-hydrogen) atoms. The van der Waals surface area contributed by atoms with Crippen LogP contribution in [0.5, 0.6) is 0 Å². The van der Waals surface area contributed by atoms with Gasteiger partial charge in [0.05, 0.1) is 7.85 Å². The van der Waals surface area contributed by atoms with Gasteiger partial charge in [-0.2, -0.15) is 0 Å². The first-order valence-corrected chi connectivity index (χ1v) is 8.04. The lowest BCUT2D eigenvalue weighted by molar-refractivity contribution is 0.527. The molecule has 1 atom stereocenters. The van der Waals surface area contributed by atoms with Crippen molar-refractivity contribution in [3.63, 3.8) is 0 Å². The fourth-order valence-electron chi connectivity index (χ4n) is 2.73. The molecule has 104 valence electrons. The van der Waals surface area contributed by atoms with Gasteiger partial charge in [-0.1, -0.05) is 89.1 Å². The van der Waals surface area contributed by atoms with Gasteiger partial charge in [0.2, 0.25) is 0 Å². The second kappa shape index (κ2) is 8.45. The number of aryl methyl sites for hydroxylation is 1. The standard InChI is InChI=1S/C18H29B/c1-4-7-8-9-10-16-11-13-17(14-12-16)18(19,6-3)15-5-2/h11-14H,4-10,15H2,1-3H3. The third-order valence-corrected chi connectivity index (χ3v) is 4.17. The van der Waals surface area contributed by atoms with Crippen LogP contribution >= 0.6 is 0 Å². The van der Waals surface area contributed by atoms with E-state index in [9.17, 15) is 0 Å². The summed E-state index contributed by atoms with van der Waals surface area (Å²) in [6.07, 6.45) is 9.75. The lowest BCUT2D eigenvalue weighted by Crippen LogP contribution is -2.25. The molecule has 0 aliphatic heterocycles. The first-order valence-electron chi connectivity index (χ1n) is 8.04. The van der Waals surface area contributed by atoms with Crippen molar-refractivity contribution in [2.75, 3.05) is 0 Å². The maximum Gasteiger partial charge on any atom is 0.0810 e. The number of unbranched alkanes of at least 4 members (excludes halogenated alkanes) is 3. The summed E-state index contributed by atoms with van der Waals surface area (Å²) in [4.78, 5) is 0. The third-order valence-electron chi connectivity index (χ3n) is 4.17. The average Bonchev–Trinajstić information content (AvgIpc) is 2.44. The van der Waals surface area contributed by atoms with Crippen LogP contribution in [0, 0.1) is 0 Å². The van der Waals surface area contributed by atoms with Crippen molar-refractivity contribution in [1.29, 1.82) is 0 Å². The minimum absolute atomic E-state index is 0.129. The summed E-state index contributed by atoms with van der Waals surface area (Å²) in [5.74, 6) is 0. The Hall–Kier alpha value is -0.715. The smallest absolute Gasteiger partial charge is 0.0654 e. The molecule has 0 amide bonds. The molecule has 0 heterocycles. The van der Waals surface area contributed by atoms with Crippen molar-refractivity contribution in [1.82, 2.24) is 0 Å². The zero-order valence-corrected chi connectivity index (χ0v) is 13.0. The third kappa shape index (κ3) is 5.05. The first kappa shape index (κ1) is 16.3. The molecule has 1 unspecified atom stereocenters. The Kier molecular flexibility index (Phi) is 7.27. The van der Waals surface area contributed by atoms with Gasteiger partial charge in [-0.05, 0) is 23.7 Å². The predicted octanol–water partition coefficient (Wildman–Crippen LogP) is 5.38. The molecule has 1 aromatic rings. The summed E-state index contributed by atoms with van der Waals surface area (Å²) < 4.78 is 0. The van der Waals surface area contributed by atoms with E-state index in [0.717, 1.165) is 19.3 Å². The van der Waals surface area contributed by atoms with Gasteiger partial charge in [-0.15, -0.1) is 0 Å². The molecule has 0 nitrogen and oxygen atoms in total. The van der Waals surface area contributed by atoms with Crippen LogP contribution in [-0.4, -0.2) is 7.85 Å². The number of benzene rings is 1. The highest BCUT2D eigenvalue weighted by molar-refractivity contribution is 6.15. The van der Waals surface area contributed by atoms with Crippen molar-refractivity contribution in [3.8, 4) is 0 Å². The predicted molar refractivity (Wildman–Crippen MR) is 86.9 cm³/mol. The van der Waals surface area contributed by atoms with Gasteiger partial charge in [-0.25, -0.2) is 0 Å². The zero-order chi connectivity index (χ0) is 14.1. The van der Waals surface area contributed by atoms with E-state index in [4.69, 9.17) is 7.85 Å². The highest BCUT2D eigenvalue weighted by atomic mass is 14.2. The topological polar surface area (TPSA) is 0 Å². The summed E-state index contributed by atoms with van der Waals surface area (Å²) in [7, 11) is 6.52. The molecular weight excluding hydrogens is 227 g/mol. The summed E-state index contributed by atoms with van der Waals surface area (Å²) in [5, 5.41) is -0.129. The van der Waals surface area contributed by atoms with Crippen LogP contribution in [0.2, 0.25) is 0 Å². The summed E-state index contributed by atoms with van der Waals surface area (Å²) in [5.41, 5.74) is 2.75. The van der Waals surface area contributed by atoms with Crippen molar-refractivity contribution in [2.45, 2.75) is 77.5 Å². The maximum absolute atomic E-state index is 6.52. The van der Waals surface area contributed by atoms with Gasteiger partial charge in [0, 0.05) is 0 Å². The van der Waals surface area contributed by atoms with Crippen LogP contribution in [0.1, 0.15) is 76.8 Å². The van der Waals surface area contributed by atoms with Gasteiger partial charge < -0.3 is 0 Å².